The first-order chi connectivity index (χ1) is 7.02. The summed E-state index contributed by atoms with van der Waals surface area (Å²) in [5, 5.41) is 0. The van der Waals surface area contributed by atoms with E-state index in [1.165, 1.54) is 0 Å². The van der Waals surface area contributed by atoms with Crippen LogP contribution in [-0.2, 0) is 9.53 Å². The van der Waals surface area contributed by atoms with E-state index < -0.39 is 0 Å². The molecule has 0 spiro atoms. The van der Waals surface area contributed by atoms with Gasteiger partial charge in [-0.05, 0) is 33.2 Å². The van der Waals surface area contributed by atoms with Crippen LogP contribution in [0.15, 0.2) is 0 Å². The number of nitrogens with zero attached hydrogens (tertiary/aromatic N) is 1. The lowest BCUT2D eigenvalue weighted by Gasteiger charge is -2.25. The zero-order valence-electron chi connectivity index (χ0n) is 10.3. The third kappa shape index (κ3) is 5.74. The second kappa shape index (κ2) is 7.65. The van der Waals surface area contributed by atoms with Crippen LogP contribution in [-0.4, -0.2) is 43.7 Å². The predicted molar refractivity (Wildman–Crippen MR) is 61.6 cm³/mol. The molecule has 0 fully saturated rings. The number of amides is 1. The standard InChI is InChI=1S/C11H24N2O2/c1-9(7-8-12)13(3)11(14)6-5-10(2)15-4/h9-10H,5-8,12H2,1-4H3. The number of methoxy groups -OCH3 is 1. The third-order valence-electron chi connectivity index (χ3n) is 2.81. The molecule has 0 aliphatic heterocycles. The van der Waals surface area contributed by atoms with Gasteiger partial charge in [0, 0.05) is 26.6 Å². The van der Waals surface area contributed by atoms with E-state index in [1.54, 1.807) is 12.0 Å². The Balaban J connectivity index is 3.88. The Labute approximate surface area is 92.8 Å². The van der Waals surface area contributed by atoms with E-state index >= 15 is 0 Å². The smallest absolute Gasteiger partial charge is 0.222 e. The first-order valence-electron chi connectivity index (χ1n) is 5.51. The average molecular weight is 216 g/mol. The van der Waals surface area contributed by atoms with Crippen LogP contribution in [0, 0.1) is 0 Å². The van der Waals surface area contributed by atoms with E-state index in [-0.39, 0.29) is 18.1 Å². The SMILES string of the molecule is COC(C)CCC(=O)N(C)C(C)CCN. The van der Waals surface area contributed by atoms with Crippen molar-refractivity contribution in [3.63, 3.8) is 0 Å². The van der Waals surface area contributed by atoms with Gasteiger partial charge in [0.05, 0.1) is 6.10 Å². The molecule has 2 N–H and O–H groups in total. The molecule has 4 nitrogen and oxygen atoms in total. The van der Waals surface area contributed by atoms with Gasteiger partial charge in [0.25, 0.3) is 0 Å². The lowest BCUT2D eigenvalue weighted by atomic mass is 10.1. The molecule has 0 aliphatic carbocycles. The van der Waals surface area contributed by atoms with Gasteiger partial charge in [0.1, 0.15) is 0 Å². The van der Waals surface area contributed by atoms with Crippen molar-refractivity contribution in [1.29, 1.82) is 0 Å². The normalized spacial score (nSPS) is 14.7. The van der Waals surface area contributed by atoms with E-state index in [4.69, 9.17) is 10.5 Å². The van der Waals surface area contributed by atoms with E-state index in [9.17, 15) is 4.79 Å². The van der Waals surface area contributed by atoms with Crippen molar-refractivity contribution in [2.24, 2.45) is 5.73 Å². The maximum Gasteiger partial charge on any atom is 0.222 e. The lowest BCUT2D eigenvalue weighted by molar-refractivity contribution is -0.132. The minimum atomic E-state index is 0.146. The molecule has 0 heterocycles. The second-order valence-corrected chi connectivity index (χ2v) is 4.02. The van der Waals surface area contributed by atoms with Crippen molar-refractivity contribution < 1.29 is 9.53 Å². The minimum Gasteiger partial charge on any atom is -0.382 e. The molecule has 2 atom stereocenters. The molecule has 1 amide bonds. The summed E-state index contributed by atoms with van der Waals surface area (Å²) < 4.78 is 5.10. The molecule has 0 aliphatic rings. The molecule has 0 bridgehead atoms. The molecule has 15 heavy (non-hydrogen) atoms. The summed E-state index contributed by atoms with van der Waals surface area (Å²) >= 11 is 0. The zero-order valence-corrected chi connectivity index (χ0v) is 10.3. The molecule has 0 aromatic heterocycles. The Morgan fingerprint density at radius 3 is 2.47 bits per heavy atom. The summed E-state index contributed by atoms with van der Waals surface area (Å²) in [6.45, 7) is 4.61. The van der Waals surface area contributed by atoms with Crippen LogP contribution in [0.5, 0.6) is 0 Å². The van der Waals surface area contributed by atoms with Gasteiger partial charge in [0.2, 0.25) is 5.91 Å². The minimum absolute atomic E-state index is 0.146. The van der Waals surface area contributed by atoms with Gasteiger partial charge in [-0.15, -0.1) is 0 Å². The monoisotopic (exact) mass is 216 g/mol. The number of rotatable bonds is 7. The quantitative estimate of drug-likeness (QED) is 0.690. The highest BCUT2D eigenvalue weighted by atomic mass is 16.5. The van der Waals surface area contributed by atoms with Crippen LogP contribution in [0.4, 0.5) is 0 Å². The fraction of sp³-hybridized carbons (Fsp3) is 0.909. The van der Waals surface area contributed by atoms with Crippen LogP contribution in [0.3, 0.4) is 0 Å². The Kier molecular flexibility index (Phi) is 7.34. The highest BCUT2D eigenvalue weighted by molar-refractivity contribution is 5.76. The molecule has 0 aromatic rings. The van der Waals surface area contributed by atoms with Gasteiger partial charge in [0.15, 0.2) is 0 Å². The third-order valence-corrected chi connectivity index (χ3v) is 2.81. The predicted octanol–water partition coefficient (Wildman–Crippen LogP) is 0.997. The van der Waals surface area contributed by atoms with Crippen molar-refractivity contribution in [1.82, 2.24) is 4.90 Å². The molecular formula is C11H24N2O2. The van der Waals surface area contributed by atoms with E-state index in [2.05, 4.69) is 0 Å². The van der Waals surface area contributed by atoms with Crippen molar-refractivity contribution in [2.45, 2.75) is 45.3 Å². The van der Waals surface area contributed by atoms with Gasteiger partial charge >= 0.3 is 0 Å². The maximum absolute atomic E-state index is 11.7. The molecule has 0 rings (SSSR count). The highest BCUT2D eigenvalue weighted by Crippen LogP contribution is 2.06. The summed E-state index contributed by atoms with van der Waals surface area (Å²) in [6, 6.07) is 0.223. The van der Waals surface area contributed by atoms with Crippen molar-refractivity contribution in [3.05, 3.63) is 0 Å². The van der Waals surface area contributed by atoms with E-state index in [0.717, 1.165) is 12.8 Å². The highest BCUT2D eigenvalue weighted by Gasteiger charge is 2.15. The van der Waals surface area contributed by atoms with Crippen LogP contribution in [0.2, 0.25) is 0 Å². The van der Waals surface area contributed by atoms with Gasteiger partial charge in [-0.1, -0.05) is 0 Å². The Morgan fingerprint density at radius 1 is 1.40 bits per heavy atom. The topological polar surface area (TPSA) is 55.6 Å². The van der Waals surface area contributed by atoms with Gasteiger partial charge < -0.3 is 15.4 Å². The summed E-state index contributed by atoms with van der Waals surface area (Å²) in [5.41, 5.74) is 5.45. The lowest BCUT2D eigenvalue weighted by Crippen LogP contribution is -2.36. The number of hydrogen-bond donors (Lipinski definition) is 1. The summed E-state index contributed by atoms with van der Waals surface area (Å²) in [4.78, 5) is 13.5. The first kappa shape index (κ1) is 14.4. The van der Waals surface area contributed by atoms with Crippen LogP contribution in [0.1, 0.15) is 33.1 Å². The Morgan fingerprint density at radius 2 is 2.00 bits per heavy atom. The van der Waals surface area contributed by atoms with Crippen LogP contribution < -0.4 is 5.73 Å². The second-order valence-electron chi connectivity index (χ2n) is 4.02. The molecule has 2 unspecified atom stereocenters. The summed E-state index contributed by atoms with van der Waals surface area (Å²) in [6.07, 6.45) is 2.31. The van der Waals surface area contributed by atoms with Crippen LogP contribution >= 0.6 is 0 Å². The van der Waals surface area contributed by atoms with Gasteiger partial charge in [-0.3, -0.25) is 4.79 Å². The number of nitrogens with two attached hydrogens (primary N) is 1. The number of ether oxygens (including phenoxy) is 1. The molecule has 0 aromatic carbocycles. The number of carbonyl (C=O) groups is 1. The molecule has 0 saturated carbocycles. The number of carbonyl (C=O) groups excluding carboxylic acids is 1. The zero-order chi connectivity index (χ0) is 11.8. The first-order valence-corrected chi connectivity index (χ1v) is 5.51. The van der Waals surface area contributed by atoms with Gasteiger partial charge in [-0.2, -0.15) is 0 Å². The summed E-state index contributed by atoms with van der Waals surface area (Å²) in [7, 11) is 3.50. The molecular weight excluding hydrogens is 192 g/mol. The van der Waals surface area contributed by atoms with E-state index in [0.29, 0.717) is 13.0 Å². The molecule has 90 valence electrons. The van der Waals surface area contributed by atoms with Gasteiger partial charge in [-0.25, -0.2) is 0 Å². The Bertz CT molecular complexity index is 185. The molecule has 0 radical (unpaired) electrons. The fourth-order valence-corrected chi connectivity index (χ4v) is 1.30. The van der Waals surface area contributed by atoms with Crippen molar-refractivity contribution >= 4 is 5.91 Å². The van der Waals surface area contributed by atoms with Crippen molar-refractivity contribution in [3.8, 4) is 0 Å². The van der Waals surface area contributed by atoms with E-state index in [1.807, 2.05) is 20.9 Å². The average Bonchev–Trinajstić information content (AvgIpc) is 2.24. The van der Waals surface area contributed by atoms with Crippen molar-refractivity contribution in [2.75, 3.05) is 20.7 Å². The number of hydrogen-bond acceptors (Lipinski definition) is 3. The fourth-order valence-electron chi connectivity index (χ4n) is 1.30. The van der Waals surface area contributed by atoms with Crippen LogP contribution in [0.25, 0.3) is 0 Å². The Hall–Kier alpha value is -0.610. The summed E-state index contributed by atoms with van der Waals surface area (Å²) in [5.74, 6) is 0.167. The molecule has 4 heteroatoms. The largest absolute Gasteiger partial charge is 0.382 e. The maximum atomic E-state index is 11.7. The molecule has 0 saturated heterocycles.